The van der Waals surface area contributed by atoms with Gasteiger partial charge in [-0.3, -0.25) is 9.79 Å². The predicted molar refractivity (Wildman–Crippen MR) is 108 cm³/mol. The minimum atomic E-state index is -0.157. The van der Waals surface area contributed by atoms with Gasteiger partial charge in [0.1, 0.15) is 5.75 Å². The highest BCUT2D eigenvalue weighted by molar-refractivity contribution is 6.42. The van der Waals surface area contributed by atoms with Gasteiger partial charge < -0.3 is 14.8 Å². The molecule has 1 saturated heterocycles. The molecular formula is C20H20Cl2N2O3. The summed E-state index contributed by atoms with van der Waals surface area (Å²) in [5.74, 6) is 0.463. The summed E-state index contributed by atoms with van der Waals surface area (Å²) in [5.41, 5.74) is 1.61. The fourth-order valence-corrected chi connectivity index (χ4v) is 2.89. The molecule has 0 bridgehead atoms. The van der Waals surface area contributed by atoms with Crippen LogP contribution in [-0.2, 0) is 9.53 Å². The number of amides is 1. The van der Waals surface area contributed by atoms with Crippen molar-refractivity contribution in [3.8, 4) is 5.75 Å². The number of carbonyl (C=O) groups excluding carboxylic acids is 1. The highest BCUT2D eigenvalue weighted by Gasteiger charge is 2.16. The lowest BCUT2D eigenvalue weighted by Crippen LogP contribution is -2.35. The van der Waals surface area contributed by atoms with Crippen LogP contribution in [0.2, 0.25) is 10.0 Å². The molecule has 1 amide bonds. The summed E-state index contributed by atoms with van der Waals surface area (Å²) < 4.78 is 11.0. The maximum absolute atomic E-state index is 11.8. The van der Waals surface area contributed by atoms with E-state index in [1.54, 1.807) is 36.5 Å². The fraction of sp³-hybridized carbons (Fsp3) is 0.300. The van der Waals surface area contributed by atoms with Gasteiger partial charge in [-0.05, 0) is 60.9 Å². The number of rotatable bonds is 7. The first-order chi connectivity index (χ1) is 13.1. The molecule has 5 nitrogen and oxygen atoms in total. The fourth-order valence-electron chi connectivity index (χ4n) is 2.60. The number of hydrogen-bond donors (Lipinski definition) is 1. The van der Waals surface area contributed by atoms with Crippen molar-refractivity contribution in [2.75, 3.05) is 19.8 Å². The van der Waals surface area contributed by atoms with Crippen molar-refractivity contribution in [1.29, 1.82) is 0 Å². The topological polar surface area (TPSA) is 59.9 Å². The summed E-state index contributed by atoms with van der Waals surface area (Å²) in [6.45, 7) is 1.29. The van der Waals surface area contributed by atoms with E-state index in [1.165, 1.54) is 0 Å². The van der Waals surface area contributed by atoms with Gasteiger partial charge in [-0.15, -0.1) is 0 Å². The summed E-state index contributed by atoms with van der Waals surface area (Å²) in [6, 6.07) is 12.5. The number of hydrogen-bond acceptors (Lipinski definition) is 4. The van der Waals surface area contributed by atoms with E-state index >= 15 is 0 Å². The molecule has 2 aromatic rings. The number of aliphatic imine (C=N–C) groups is 1. The van der Waals surface area contributed by atoms with Gasteiger partial charge >= 0.3 is 0 Å². The molecule has 2 aromatic carbocycles. The summed E-state index contributed by atoms with van der Waals surface area (Å²) in [7, 11) is 0. The maximum Gasteiger partial charge on any atom is 0.258 e. The first-order valence-corrected chi connectivity index (χ1v) is 9.46. The van der Waals surface area contributed by atoms with Crippen LogP contribution in [0, 0.1) is 0 Å². The number of ether oxygens (including phenoxy) is 2. The lowest BCUT2D eigenvalue weighted by Gasteiger charge is -2.11. The zero-order valence-electron chi connectivity index (χ0n) is 14.7. The Hall–Kier alpha value is -2.08. The van der Waals surface area contributed by atoms with Crippen LogP contribution in [0.5, 0.6) is 5.75 Å². The predicted octanol–water partition coefficient (Wildman–Crippen LogP) is 4.42. The number of nitrogens with zero attached hydrogens (tertiary/aromatic N) is 1. The molecule has 0 aromatic heterocycles. The Morgan fingerprint density at radius 1 is 1.22 bits per heavy atom. The maximum atomic E-state index is 11.8. The normalized spacial score (nSPS) is 16.6. The quantitative estimate of drug-likeness (QED) is 0.692. The third kappa shape index (κ3) is 6.24. The molecule has 1 N–H and O–H groups in total. The molecular weight excluding hydrogens is 387 g/mol. The molecule has 142 valence electrons. The molecule has 1 aliphatic rings. The van der Waals surface area contributed by atoms with Crippen LogP contribution < -0.4 is 10.1 Å². The zero-order valence-corrected chi connectivity index (χ0v) is 16.2. The van der Waals surface area contributed by atoms with Crippen LogP contribution in [0.3, 0.4) is 0 Å². The van der Waals surface area contributed by atoms with Gasteiger partial charge in [0, 0.05) is 19.4 Å². The van der Waals surface area contributed by atoms with Crippen molar-refractivity contribution in [2.24, 2.45) is 4.99 Å². The molecule has 0 saturated carbocycles. The average molecular weight is 407 g/mol. The molecule has 0 aliphatic carbocycles. The van der Waals surface area contributed by atoms with Gasteiger partial charge in [0.2, 0.25) is 0 Å². The summed E-state index contributed by atoms with van der Waals surface area (Å²) in [4.78, 5) is 16.2. The van der Waals surface area contributed by atoms with E-state index < -0.39 is 0 Å². The third-order valence-corrected chi connectivity index (χ3v) is 4.81. The van der Waals surface area contributed by atoms with Gasteiger partial charge in [0.25, 0.3) is 5.91 Å². The Morgan fingerprint density at radius 3 is 2.74 bits per heavy atom. The van der Waals surface area contributed by atoms with Crippen LogP contribution in [0.15, 0.2) is 47.5 Å². The molecule has 1 fully saturated rings. The molecule has 0 radical (unpaired) electrons. The van der Waals surface area contributed by atoms with Crippen LogP contribution in [-0.4, -0.2) is 38.0 Å². The second-order valence-corrected chi connectivity index (χ2v) is 6.97. The van der Waals surface area contributed by atoms with Crippen molar-refractivity contribution in [1.82, 2.24) is 5.32 Å². The molecule has 27 heavy (non-hydrogen) atoms. The second kappa shape index (κ2) is 9.74. The minimum absolute atomic E-state index is 0.0244. The Balaban J connectivity index is 1.45. The lowest BCUT2D eigenvalue weighted by atomic mass is 10.2. The standard InChI is InChI=1S/C20H20Cl2N2O3/c21-18-8-5-15(10-19(18)22)23-11-14-3-6-16(7-4-14)27-13-20(25)24-12-17-2-1-9-26-17/h3-8,10-11,17H,1-2,9,12-13H2,(H,24,25)/t17-/m1/s1. The van der Waals surface area contributed by atoms with Crippen molar-refractivity contribution in [3.63, 3.8) is 0 Å². The van der Waals surface area contributed by atoms with Crippen LogP contribution in [0.25, 0.3) is 0 Å². The monoisotopic (exact) mass is 406 g/mol. The molecule has 3 rings (SSSR count). The minimum Gasteiger partial charge on any atom is -0.484 e. The van der Waals surface area contributed by atoms with Gasteiger partial charge in [-0.1, -0.05) is 23.2 Å². The molecule has 1 aliphatic heterocycles. The van der Waals surface area contributed by atoms with Crippen molar-refractivity contribution < 1.29 is 14.3 Å². The third-order valence-electron chi connectivity index (χ3n) is 4.07. The van der Waals surface area contributed by atoms with Gasteiger partial charge in [0.05, 0.1) is 21.8 Å². The lowest BCUT2D eigenvalue weighted by molar-refractivity contribution is -0.123. The van der Waals surface area contributed by atoms with Crippen molar-refractivity contribution >= 4 is 41.0 Å². The number of benzene rings is 2. The van der Waals surface area contributed by atoms with Crippen LogP contribution >= 0.6 is 23.2 Å². The van der Waals surface area contributed by atoms with E-state index in [0.717, 1.165) is 25.0 Å². The summed E-state index contributed by atoms with van der Waals surface area (Å²) >= 11 is 11.9. The van der Waals surface area contributed by atoms with Gasteiger partial charge in [-0.2, -0.15) is 0 Å². The Morgan fingerprint density at radius 2 is 2.04 bits per heavy atom. The zero-order chi connectivity index (χ0) is 19.1. The molecule has 0 spiro atoms. The van der Waals surface area contributed by atoms with Gasteiger partial charge in [0.15, 0.2) is 6.61 Å². The van der Waals surface area contributed by atoms with Crippen LogP contribution in [0.1, 0.15) is 18.4 Å². The van der Waals surface area contributed by atoms with E-state index in [4.69, 9.17) is 32.7 Å². The van der Waals surface area contributed by atoms with Crippen LogP contribution in [0.4, 0.5) is 5.69 Å². The molecule has 0 unspecified atom stereocenters. The Kier molecular flexibility index (Phi) is 7.10. The van der Waals surface area contributed by atoms with E-state index in [-0.39, 0.29) is 18.6 Å². The number of halogens is 2. The van der Waals surface area contributed by atoms with E-state index in [2.05, 4.69) is 10.3 Å². The highest BCUT2D eigenvalue weighted by atomic mass is 35.5. The highest BCUT2D eigenvalue weighted by Crippen LogP contribution is 2.26. The molecule has 1 heterocycles. The number of carbonyl (C=O) groups is 1. The first-order valence-electron chi connectivity index (χ1n) is 8.70. The van der Waals surface area contributed by atoms with Crippen molar-refractivity contribution in [2.45, 2.75) is 18.9 Å². The molecule has 1 atom stereocenters. The largest absolute Gasteiger partial charge is 0.484 e. The Labute approximate surface area is 168 Å². The summed E-state index contributed by atoms with van der Waals surface area (Å²) in [5, 5.41) is 3.79. The summed E-state index contributed by atoms with van der Waals surface area (Å²) in [6.07, 6.45) is 3.89. The molecule has 7 heteroatoms. The number of nitrogens with one attached hydrogen (secondary N) is 1. The second-order valence-electron chi connectivity index (χ2n) is 6.15. The SMILES string of the molecule is O=C(COc1ccc(C=Nc2ccc(Cl)c(Cl)c2)cc1)NC[C@H]1CCCO1. The van der Waals surface area contributed by atoms with Crippen molar-refractivity contribution in [3.05, 3.63) is 58.1 Å². The Bertz CT molecular complexity index is 803. The smallest absolute Gasteiger partial charge is 0.258 e. The average Bonchev–Trinajstić information content (AvgIpc) is 3.20. The van der Waals surface area contributed by atoms with E-state index in [0.29, 0.717) is 28.0 Å². The van der Waals surface area contributed by atoms with Gasteiger partial charge in [-0.25, -0.2) is 0 Å². The van der Waals surface area contributed by atoms with E-state index in [9.17, 15) is 4.79 Å². The van der Waals surface area contributed by atoms with E-state index in [1.807, 2.05) is 12.1 Å². The first kappa shape index (κ1) is 19.7.